The van der Waals surface area contributed by atoms with Crippen LogP contribution in [0, 0.1) is 5.41 Å². The van der Waals surface area contributed by atoms with Gasteiger partial charge in [0, 0.05) is 25.2 Å². The SMILES string of the molecule is CC1=CCN(C(=O)[C@H](Cc2cccc(C(=N)N)c2)NS(=O)(=O)c2ccc3c(c2)CCN(C)CC3)C(C(=O)O)C1.Cl.Cl. The van der Waals surface area contributed by atoms with Gasteiger partial charge in [-0.2, -0.15) is 4.72 Å². The first-order chi connectivity index (χ1) is 18.4. The van der Waals surface area contributed by atoms with Crippen LogP contribution in [-0.4, -0.2) is 79.8 Å². The Labute approximate surface area is 253 Å². The molecule has 2 aromatic carbocycles. The number of hydrogen-bond acceptors (Lipinski definition) is 6. The number of nitrogens with two attached hydrogens (primary N) is 1. The van der Waals surface area contributed by atoms with Gasteiger partial charge in [-0.05, 0) is 74.5 Å². The minimum absolute atomic E-state index is 0. The maximum Gasteiger partial charge on any atom is 0.326 e. The summed E-state index contributed by atoms with van der Waals surface area (Å²) >= 11 is 0. The van der Waals surface area contributed by atoms with E-state index in [4.69, 9.17) is 11.1 Å². The van der Waals surface area contributed by atoms with Gasteiger partial charge in [-0.25, -0.2) is 13.2 Å². The van der Waals surface area contributed by atoms with Crippen molar-refractivity contribution in [2.24, 2.45) is 5.73 Å². The zero-order valence-electron chi connectivity index (χ0n) is 23.0. The number of aliphatic carboxylic acids is 1. The Balaban J connectivity index is 0.00000294. The van der Waals surface area contributed by atoms with Crippen LogP contribution in [0.25, 0.3) is 0 Å². The van der Waals surface area contributed by atoms with Crippen LogP contribution in [0.5, 0.6) is 0 Å². The molecule has 1 amide bonds. The molecule has 4 rings (SSSR count). The molecule has 224 valence electrons. The number of sulfonamides is 1. The second-order valence-electron chi connectivity index (χ2n) is 10.3. The van der Waals surface area contributed by atoms with E-state index in [9.17, 15) is 23.1 Å². The molecule has 0 aromatic heterocycles. The lowest BCUT2D eigenvalue weighted by Crippen LogP contribution is -2.55. The van der Waals surface area contributed by atoms with Crippen LogP contribution in [0.2, 0.25) is 0 Å². The van der Waals surface area contributed by atoms with Crippen molar-refractivity contribution >= 4 is 52.5 Å². The Kier molecular flexibility index (Phi) is 11.9. The Bertz CT molecular complexity index is 1430. The summed E-state index contributed by atoms with van der Waals surface area (Å²) in [6.07, 6.45) is 3.45. The summed E-state index contributed by atoms with van der Waals surface area (Å²) in [5, 5.41) is 17.5. The molecule has 0 radical (unpaired) electrons. The number of rotatable bonds is 8. The van der Waals surface area contributed by atoms with Crippen molar-refractivity contribution in [3.05, 3.63) is 76.4 Å². The average Bonchev–Trinajstić information content (AvgIpc) is 3.08. The summed E-state index contributed by atoms with van der Waals surface area (Å²) in [6.45, 7) is 3.58. The molecule has 0 aliphatic carbocycles. The van der Waals surface area contributed by atoms with Crippen LogP contribution in [0.15, 0.2) is 59.0 Å². The lowest BCUT2D eigenvalue weighted by molar-refractivity contribution is -0.150. The van der Waals surface area contributed by atoms with Gasteiger partial charge in [0.1, 0.15) is 17.9 Å². The quantitative estimate of drug-likeness (QED) is 0.199. The molecule has 2 aliphatic heterocycles. The summed E-state index contributed by atoms with van der Waals surface area (Å²) in [5.41, 5.74) is 9.58. The predicted octanol–water partition coefficient (Wildman–Crippen LogP) is 2.37. The second-order valence-corrected chi connectivity index (χ2v) is 12.0. The number of carbonyl (C=O) groups excluding carboxylic acids is 1. The number of carbonyl (C=O) groups is 2. The number of hydrogen-bond donors (Lipinski definition) is 4. The molecule has 5 N–H and O–H groups in total. The molecule has 1 unspecified atom stereocenters. The largest absolute Gasteiger partial charge is 0.480 e. The van der Waals surface area contributed by atoms with Crippen LogP contribution in [0.4, 0.5) is 0 Å². The average molecular weight is 627 g/mol. The van der Waals surface area contributed by atoms with Crippen molar-refractivity contribution in [3.8, 4) is 0 Å². The minimum Gasteiger partial charge on any atom is -0.480 e. The molecule has 2 heterocycles. The highest BCUT2D eigenvalue weighted by Crippen LogP contribution is 2.23. The van der Waals surface area contributed by atoms with Gasteiger partial charge in [0.05, 0.1) is 4.90 Å². The van der Waals surface area contributed by atoms with Crippen LogP contribution < -0.4 is 10.5 Å². The fourth-order valence-electron chi connectivity index (χ4n) is 5.06. The number of fused-ring (bicyclic) bond motifs is 1. The van der Waals surface area contributed by atoms with Crippen LogP contribution in [-0.2, 0) is 38.9 Å². The molecular formula is C28H37Cl2N5O5S. The highest BCUT2D eigenvalue weighted by atomic mass is 35.5. The number of benzene rings is 2. The molecular weight excluding hydrogens is 589 g/mol. The van der Waals surface area contributed by atoms with E-state index < -0.39 is 34.0 Å². The van der Waals surface area contributed by atoms with Gasteiger partial charge >= 0.3 is 5.97 Å². The van der Waals surface area contributed by atoms with Crippen LogP contribution in [0.3, 0.4) is 0 Å². The van der Waals surface area contributed by atoms with Crippen molar-refractivity contribution in [1.29, 1.82) is 5.41 Å². The van der Waals surface area contributed by atoms with Gasteiger partial charge in [-0.1, -0.05) is 35.9 Å². The zero-order chi connectivity index (χ0) is 28.3. The highest BCUT2D eigenvalue weighted by Gasteiger charge is 2.37. The van der Waals surface area contributed by atoms with Crippen molar-refractivity contribution in [3.63, 3.8) is 0 Å². The van der Waals surface area contributed by atoms with Crippen molar-refractivity contribution in [2.45, 2.75) is 49.6 Å². The minimum atomic E-state index is -4.14. The summed E-state index contributed by atoms with van der Waals surface area (Å²) in [6, 6.07) is 9.36. The van der Waals surface area contributed by atoms with Gasteiger partial charge in [0.25, 0.3) is 0 Å². The summed E-state index contributed by atoms with van der Waals surface area (Å²) in [7, 11) is -2.11. The topological polar surface area (TPSA) is 157 Å². The maximum atomic E-state index is 13.8. The van der Waals surface area contributed by atoms with Crippen LogP contribution >= 0.6 is 24.8 Å². The highest BCUT2D eigenvalue weighted by molar-refractivity contribution is 7.89. The number of carboxylic acids is 1. The fourth-order valence-corrected chi connectivity index (χ4v) is 6.30. The number of nitrogens with zero attached hydrogens (tertiary/aromatic N) is 2. The first kappa shape index (κ1) is 34.2. The Morgan fingerprint density at radius 1 is 1.12 bits per heavy atom. The van der Waals surface area contributed by atoms with E-state index in [1.54, 1.807) is 49.4 Å². The van der Waals surface area contributed by atoms with Gasteiger partial charge in [0.2, 0.25) is 15.9 Å². The van der Waals surface area contributed by atoms with Crippen molar-refractivity contribution < 1.29 is 23.1 Å². The van der Waals surface area contributed by atoms with Crippen LogP contribution in [0.1, 0.15) is 35.6 Å². The van der Waals surface area contributed by atoms with Gasteiger partial charge in [0.15, 0.2) is 0 Å². The smallest absolute Gasteiger partial charge is 0.326 e. The zero-order valence-corrected chi connectivity index (χ0v) is 25.4. The third-order valence-corrected chi connectivity index (χ3v) is 8.85. The van der Waals surface area contributed by atoms with Gasteiger partial charge in [-0.15, -0.1) is 24.8 Å². The lowest BCUT2D eigenvalue weighted by Gasteiger charge is -2.34. The lowest BCUT2D eigenvalue weighted by atomic mass is 9.98. The number of nitrogens with one attached hydrogen (secondary N) is 2. The molecule has 2 aliphatic rings. The molecule has 0 spiro atoms. The predicted molar refractivity (Wildman–Crippen MR) is 163 cm³/mol. The van der Waals surface area contributed by atoms with Gasteiger partial charge in [-0.3, -0.25) is 10.2 Å². The number of amides is 1. The number of halogens is 2. The van der Waals surface area contributed by atoms with E-state index in [0.717, 1.165) is 42.6 Å². The third kappa shape index (κ3) is 8.30. The second kappa shape index (κ2) is 14.3. The molecule has 0 saturated heterocycles. The van der Waals surface area contributed by atoms with E-state index in [2.05, 4.69) is 9.62 Å². The fraction of sp³-hybridized carbons (Fsp3) is 0.393. The van der Waals surface area contributed by atoms with E-state index in [-0.39, 0.29) is 54.9 Å². The number of nitrogen functional groups attached to an aromatic ring is 1. The summed E-state index contributed by atoms with van der Waals surface area (Å²) < 4.78 is 29.8. The van der Waals surface area contributed by atoms with Crippen molar-refractivity contribution in [2.75, 3.05) is 26.7 Å². The van der Waals surface area contributed by atoms with E-state index in [0.29, 0.717) is 11.1 Å². The molecule has 10 nitrogen and oxygen atoms in total. The third-order valence-electron chi connectivity index (χ3n) is 7.38. The normalized spacial score (nSPS) is 18.0. The Morgan fingerprint density at radius 2 is 1.80 bits per heavy atom. The van der Waals surface area contributed by atoms with Gasteiger partial charge < -0.3 is 20.6 Å². The molecule has 41 heavy (non-hydrogen) atoms. The first-order valence-corrected chi connectivity index (χ1v) is 14.4. The summed E-state index contributed by atoms with van der Waals surface area (Å²) in [4.78, 5) is 29.3. The van der Waals surface area contributed by atoms with E-state index in [1.165, 1.54) is 4.90 Å². The number of amidine groups is 1. The Hall–Kier alpha value is -2.96. The van der Waals surface area contributed by atoms with E-state index >= 15 is 0 Å². The standard InChI is InChI=1S/C28H35N5O5S.2ClH/c1-18-8-13-33(25(14-18)28(35)36)27(34)24(16-19-4-3-5-22(15-19)26(29)30)31-39(37,38)23-7-6-20-9-11-32(2)12-10-21(20)17-23;;/h3-8,15,17,24-25,31H,9-14,16H2,1-2H3,(H3,29,30)(H,35,36);2*1H/t24-,25?;;/m0../s1. The molecule has 0 saturated carbocycles. The summed E-state index contributed by atoms with van der Waals surface area (Å²) in [5.74, 6) is -1.93. The van der Waals surface area contributed by atoms with E-state index in [1.807, 2.05) is 13.1 Å². The first-order valence-electron chi connectivity index (χ1n) is 12.9. The molecule has 13 heteroatoms. The maximum absolute atomic E-state index is 13.8. The molecule has 2 atom stereocenters. The van der Waals surface area contributed by atoms with Crippen molar-refractivity contribution in [1.82, 2.24) is 14.5 Å². The molecule has 2 aromatic rings. The molecule has 0 bridgehead atoms. The molecule has 0 fully saturated rings. The monoisotopic (exact) mass is 625 g/mol. The number of carboxylic acid groups (broad SMARTS) is 1. The Morgan fingerprint density at radius 3 is 2.46 bits per heavy atom. The number of likely N-dealkylation sites (N-methyl/N-ethyl adjacent to an activating group) is 1.